The molecule has 1 N–H and O–H groups in total. The molecule has 2 rings (SSSR count). The van der Waals surface area contributed by atoms with Crippen LogP contribution in [0.2, 0.25) is 0 Å². The smallest absolute Gasteiger partial charge is 0.133 e. The Labute approximate surface area is 118 Å². The van der Waals surface area contributed by atoms with Crippen molar-refractivity contribution in [2.24, 2.45) is 0 Å². The van der Waals surface area contributed by atoms with Gasteiger partial charge in [-0.25, -0.2) is 9.97 Å². The van der Waals surface area contributed by atoms with E-state index in [-0.39, 0.29) is 0 Å². The highest BCUT2D eigenvalue weighted by atomic mass is 32.2. The maximum atomic E-state index is 4.55. The Morgan fingerprint density at radius 2 is 1.79 bits per heavy atom. The van der Waals surface area contributed by atoms with E-state index in [2.05, 4.69) is 54.3 Å². The number of hydrogen-bond donors (Lipinski definition) is 1. The van der Waals surface area contributed by atoms with Gasteiger partial charge in [0.05, 0.1) is 0 Å². The molecule has 1 aromatic heterocycles. The van der Waals surface area contributed by atoms with Crippen molar-refractivity contribution in [3.8, 4) is 0 Å². The van der Waals surface area contributed by atoms with Gasteiger partial charge in [-0.15, -0.1) is 0 Å². The fraction of sp³-hybridized carbons (Fsp3) is 0.333. The number of benzene rings is 1. The molecule has 0 saturated heterocycles. The SMILES string of the molecule is CNc1nc(C)nc(Sc2ccc(C)cc2C)c1C. The molecule has 2 aromatic rings. The van der Waals surface area contributed by atoms with Gasteiger partial charge >= 0.3 is 0 Å². The summed E-state index contributed by atoms with van der Waals surface area (Å²) in [6.07, 6.45) is 0. The van der Waals surface area contributed by atoms with Crippen LogP contribution < -0.4 is 5.32 Å². The third-order valence-corrected chi connectivity index (χ3v) is 4.26. The first-order valence-corrected chi connectivity index (χ1v) is 7.11. The van der Waals surface area contributed by atoms with E-state index in [0.717, 1.165) is 22.2 Å². The fourth-order valence-corrected chi connectivity index (χ4v) is 2.96. The van der Waals surface area contributed by atoms with Gasteiger partial charge in [-0.3, -0.25) is 0 Å². The monoisotopic (exact) mass is 273 g/mol. The summed E-state index contributed by atoms with van der Waals surface area (Å²) in [5.41, 5.74) is 3.66. The first-order valence-electron chi connectivity index (χ1n) is 6.29. The van der Waals surface area contributed by atoms with E-state index in [4.69, 9.17) is 0 Å². The van der Waals surface area contributed by atoms with Crippen LogP contribution >= 0.6 is 11.8 Å². The highest BCUT2D eigenvalue weighted by Crippen LogP contribution is 2.33. The molecular weight excluding hydrogens is 254 g/mol. The van der Waals surface area contributed by atoms with Crippen LogP contribution in [0.1, 0.15) is 22.5 Å². The molecule has 0 aliphatic heterocycles. The molecular formula is C15H19N3S. The zero-order chi connectivity index (χ0) is 14.0. The molecule has 0 saturated carbocycles. The Morgan fingerprint density at radius 1 is 1.05 bits per heavy atom. The molecule has 0 bridgehead atoms. The van der Waals surface area contributed by atoms with Gasteiger partial charge in [-0.05, 0) is 39.3 Å². The van der Waals surface area contributed by atoms with Gasteiger partial charge < -0.3 is 5.32 Å². The number of nitrogens with zero attached hydrogens (tertiary/aromatic N) is 2. The minimum atomic E-state index is 0.794. The van der Waals surface area contributed by atoms with Crippen molar-refractivity contribution in [3.05, 3.63) is 40.7 Å². The van der Waals surface area contributed by atoms with Gasteiger partial charge in [0.2, 0.25) is 0 Å². The molecule has 0 spiro atoms. The number of anilines is 1. The highest BCUT2D eigenvalue weighted by Gasteiger charge is 2.10. The average molecular weight is 273 g/mol. The number of nitrogens with one attached hydrogen (secondary N) is 1. The van der Waals surface area contributed by atoms with E-state index >= 15 is 0 Å². The summed E-state index contributed by atoms with van der Waals surface area (Å²) in [6, 6.07) is 6.49. The average Bonchev–Trinajstić information content (AvgIpc) is 2.36. The second kappa shape index (κ2) is 5.61. The summed E-state index contributed by atoms with van der Waals surface area (Å²) >= 11 is 1.70. The molecule has 0 atom stereocenters. The Bertz CT molecular complexity index is 609. The molecule has 1 heterocycles. The lowest BCUT2D eigenvalue weighted by atomic mass is 10.2. The first kappa shape index (κ1) is 13.9. The van der Waals surface area contributed by atoms with E-state index in [1.807, 2.05) is 14.0 Å². The van der Waals surface area contributed by atoms with Crippen molar-refractivity contribution >= 4 is 17.6 Å². The predicted octanol–water partition coefficient (Wildman–Crippen LogP) is 3.90. The number of rotatable bonds is 3. The van der Waals surface area contributed by atoms with Gasteiger partial charge in [0.15, 0.2) is 0 Å². The Hall–Kier alpha value is -1.55. The number of aryl methyl sites for hydroxylation is 3. The third kappa shape index (κ3) is 3.07. The summed E-state index contributed by atoms with van der Waals surface area (Å²) in [5.74, 6) is 1.70. The maximum Gasteiger partial charge on any atom is 0.133 e. The van der Waals surface area contributed by atoms with Crippen LogP contribution in [0.25, 0.3) is 0 Å². The van der Waals surface area contributed by atoms with Gasteiger partial charge in [-0.2, -0.15) is 0 Å². The molecule has 0 aliphatic carbocycles. The predicted molar refractivity (Wildman–Crippen MR) is 81.1 cm³/mol. The summed E-state index contributed by atoms with van der Waals surface area (Å²) in [4.78, 5) is 10.2. The standard InChI is InChI=1S/C15H19N3S/c1-9-6-7-13(10(2)8-9)19-15-11(3)14(16-5)17-12(4)18-15/h6-8H,1-5H3,(H,16,17,18). The van der Waals surface area contributed by atoms with Crippen molar-refractivity contribution in [2.75, 3.05) is 12.4 Å². The van der Waals surface area contributed by atoms with Gasteiger partial charge in [0.1, 0.15) is 16.7 Å². The zero-order valence-corrected chi connectivity index (χ0v) is 12.9. The van der Waals surface area contributed by atoms with Crippen LogP contribution in [-0.4, -0.2) is 17.0 Å². The Balaban J connectivity index is 2.40. The summed E-state index contributed by atoms with van der Waals surface area (Å²) in [5, 5.41) is 4.14. The maximum absolute atomic E-state index is 4.55. The van der Waals surface area contributed by atoms with E-state index in [1.165, 1.54) is 16.0 Å². The molecule has 100 valence electrons. The van der Waals surface area contributed by atoms with Crippen LogP contribution in [0, 0.1) is 27.7 Å². The number of hydrogen-bond acceptors (Lipinski definition) is 4. The Kier molecular flexibility index (Phi) is 4.10. The lowest BCUT2D eigenvalue weighted by molar-refractivity contribution is 0.940. The summed E-state index contributed by atoms with van der Waals surface area (Å²) in [6.45, 7) is 8.22. The van der Waals surface area contributed by atoms with Crippen molar-refractivity contribution in [2.45, 2.75) is 37.6 Å². The van der Waals surface area contributed by atoms with Crippen molar-refractivity contribution < 1.29 is 0 Å². The first-order chi connectivity index (χ1) is 9.01. The second-order valence-corrected chi connectivity index (χ2v) is 5.70. The van der Waals surface area contributed by atoms with Crippen LogP contribution in [-0.2, 0) is 0 Å². The van der Waals surface area contributed by atoms with E-state index in [1.54, 1.807) is 11.8 Å². The lowest BCUT2D eigenvalue weighted by Gasteiger charge is -2.11. The quantitative estimate of drug-likeness (QED) is 0.861. The Morgan fingerprint density at radius 3 is 2.42 bits per heavy atom. The van der Waals surface area contributed by atoms with E-state index in [0.29, 0.717) is 0 Å². The molecule has 0 aliphatic rings. The molecule has 0 fully saturated rings. The molecule has 3 nitrogen and oxygen atoms in total. The minimum Gasteiger partial charge on any atom is -0.373 e. The van der Waals surface area contributed by atoms with Crippen molar-refractivity contribution in [3.63, 3.8) is 0 Å². The van der Waals surface area contributed by atoms with Crippen LogP contribution in [0.5, 0.6) is 0 Å². The van der Waals surface area contributed by atoms with Crippen LogP contribution in [0.15, 0.2) is 28.1 Å². The minimum absolute atomic E-state index is 0.794. The normalized spacial score (nSPS) is 10.6. The highest BCUT2D eigenvalue weighted by molar-refractivity contribution is 7.99. The molecule has 19 heavy (non-hydrogen) atoms. The summed E-state index contributed by atoms with van der Waals surface area (Å²) in [7, 11) is 1.89. The number of aromatic nitrogens is 2. The lowest BCUT2D eigenvalue weighted by Crippen LogP contribution is -2.02. The van der Waals surface area contributed by atoms with Gasteiger partial charge in [-0.1, -0.05) is 29.5 Å². The van der Waals surface area contributed by atoms with Crippen molar-refractivity contribution in [1.29, 1.82) is 0 Å². The topological polar surface area (TPSA) is 37.8 Å². The molecule has 0 amide bonds. The van der Waals surface area contributed by atoms with Gasteiger partial charge in [0.25, 0.3) is 0 Å². The molecule has 4 heteroatoms. The van der Waals surface area contributed by atoms with E-state index < -0.39 is 0 Å². The second-order valence-electron chi connectivity index (χ2n) is 4.67. The molecule has 0 radical (unpaired) electrons. The molecule has 1 aromatic carbocycles. The van der Waals surface area contributed by atoms with E-state index in [9.17, 15) is 0 Å². The largest absolute Gasteiger partial charge is 0.373 e. The third-order valence-electron chi connectivity index (χ3n) is 2.99. The zero-order valence-electron chi connectivity index (χ0n) is 12.0. The summed E-state index contributed by atoms with van der Waals surface area (Å²) < 4.78 is 0. The van der Waals surface area contributed by atoms with Crippen LogP contribution in [0.4, 0.5) is 5.82 Å². The molecule has 0 unspecified atom stereocenters. The van der Waals surface area contributed by atoms with Gasteiger partial charge in [0, 0.05) is 17.5 Å². The van der Waals surface area contributed by atoms with Crippen LogP contribution in [0.3, 0.4) is 0 Å². The fourth-order valence-electron chi connectivity index (χ4n) is 1.96. The van der Waals surface area contributed by atoms with Crippen molar-refractivity contribution in [1.82, 2.24) is 9.97 Å².